The molecular formula is C17H17NO4. The second-order valence-corrected chi connectivity index (χ2v) is 5.67. The van der Waals surface area contributed by atoms with Gasteiger partial charge in [0.05, 0.1) is 6.04 Å². The molecule has 3 rings (SSSR count). The maximum Gasteiger partial charge on any atom is 0.371 e. The molecular weight excluding hydrogens is 282 g/mol. The lowest BCUT2D eigenvalue weighted by atomic mass is 10.0. The van der Waals surface area contributed by atoms with E-state index in [1.54, 1.807) is 0 Å². The molecule has 5 heteroatoms. The summed E-state index contributed by atoms with van der Waals surface area (Å²) in [4.78, 5) is 23.1. The number of furan rings is 1. The van der Waals surface area contributed by atoms with E-state index in [1.807, 2.05) is 31.2 Å². The van der Waals surface area contributed by atoms with E-state index in [-0.39, 0.29) is 23.5 Å². The first-order chi connectivity index (χ1) is 10.5. The number of amides is 1. The quantitative estimate of drug-likeness (QED) is 0.888. The number of rotatable bonds is 5. The number of aryl methyl sites for hydroxylation is 1. The highest BCUT2D eigenvalue weighted by molar-refractivity contribution is 5.93. The molecule has 0 aliphatic heterocycles. The largest absolute Gasteiger partial charge is 0.475 e. The number of nitrogens with one attached hydrogen (secondary N) is 1. The van der Waals surface area contributed by atoms with Crippen LogP contribution in [0, 0.1) is 12.8 Å². The van der Waals surface area contributed by atoms with Crippen molar-refractivity contribution in [3.8, 4) is 0 Å². The van der Waals surface area contributed by atoms with Crippen LogP contribution in [0.25, 0.3) is 0 Å². The average Bonchev–Trinajstić information content (AvgIpc) is 3.20. The number of carboxylic acid groups (broad SMARTS) is 1. The summed E-state index contributed by atoms with van der Waals surface area (Å²) in [5, 5.41) is 11.8. The van der Waals surface area contributed by atoms with Crippen molar-refractivity contribution in [2.45, 2.75) is 25.8 Å². The second-order valence-electron chi connectivity index (χ2n) is 5.67. The van der Waals surface area contributed by atoms with E-state index in [9.17, 15) is 9.59 Å². The number of hydrogen-bond donors (Lipinski definition) is 2. The molecule has 0 saturated heterocycles. The lowest BCUT2D eigenvalue weighted by Crippen LogP contribution is -2.29. The lowest BCUT2D eigenvalue weighted by molar-refractivity contribution is 0.0659. The van der Waals surface area contributed by atoms with E-state index in [2.05, 4.69) is 5.32 Å². The summed E-state index contributed by atoms with van der Waals surface area (Å²) in [5.41, 5.74) is 2.23. The maximum atomic E-state index is 12.3. The van der Waals surface area contributed by atoms with Gasteiger partial charge in [-0.25, -0.2) is 4.79 Å². The maximum absolute atomic E-state index is 12.3. The molecule has 1 saturated carbocycles. The molecule has 1 atom stereocenters. The first-order valence-corrected chi connectivity index (χ1v) is 7.25. The molecule has 2 aromatic rings. The Bertz CT molecular complexity index is 698. The molecule has 1 unspecified atom stereocenters. The average molecular weight is 299 g/mol. The topological polar surface area (TPSA) is 79.5 Å². The number of aromatic carboxylic acids is 1. The highest BCUT2D eigenvalue weighted by Crippen LogP contribution is 2.41. The van der Waals surface area contributed by atoms with Crippen LogP contribution in [0.5, 0.6) is 0 Å². The van der Waals surface area contributed by atoms with Gasteiger partial charge in [0, 0.05) is 0 Å². The fourth-order valence-corrected chi connectivity index (χ4v) is 2.46. The molecule has 0 bridgehead atoms. The van der Waals surface area contributed by atoms with Crippen LogP contribution >= 0.6 is 0 Å². The van der Waals surface area contributed by atoms with Gasteiger partial charge in [-0.1, -0.05) is 29.8 Å². The van der Waals surface area contributed by atoms with Gasteiger partial charge in [0.15, 0.2) is 5.76 Å². The van der Waals surface area contributed by atoms with E-state index in [0.29, 0.717) is 5.92 Å². The molecule has 22 heavy (non-hydrogen) atoms. The molecule has 1 fully saturated rings. The zero-order chi connectivity index (χ0) is 15.7. The summed E-state index contributed by atoms with van der Waals surface area (Å²) in [5.74, 6) is -1.35. The van der Waals surface area contributed by atoms with E-state index in [0.717, 1.165) is 18.4 Å². The Balaban J connectivity index is 1.77. The van der Waals surface area contributed by atoms with Crippen molar-refractivity contribution in [2.24, 2.45) is 5.92 Å². The van der Waals surface area contributed by atoms with E-state index < -0.39 is 5.97 Å². The zero-order valence-corrected chi connectivity index (χ0v) is 12.2. The minimum Gasteiger partial charge on any atom is -0.475 e. The lowest BCUT2D eigenvalue weighted by Gasteiger charge is -2.18. The standard InChI is InChI=1S/C17H17NO4/c1-10-2-4-11(5-3-10)15(12-6-7-12)18-16(19)13-8-9-14(22-13)17(20)21/h2-5,8-9,12,15H,6-7H2,1H3,(H,18,19)(H,20,21). The van der Waals surface area contributed by atoms with E-state index in [1.165, 1.54) is 17.7 Å². The molecule has 1 aromatic carbocycles. The van der Waals surface area contributed by atoms with Crippen LogP contribution in [0.1, 0.15) is 51.1 Å². The highest BCUT2D eigenvalue weighted by atomic mass is 16.4. The number of carbonyl (C=O) groups is 2. The predicted molar refractivity (Wildman–Crippen MR) is 79.8 cm³/mol. The fourth-order valence-electron chi connectivity index (χ4n) is 2.46. The Morgan fingerprint density at radius 1 is 1.14 bits per heavy atom. The summed E-state index contributed by atoms with van der Waals surface area (Å²) < 4.78 is 5.05. The second kappa shape index (κ2) is 5.67. The molecule has 0 radical (unpaired) electrons. The SMILES string of the molecule is Cc1ccc(C(NC(=O)c2ccc(C(=O)O)o2)C2CC2)cc1. The monoisotopic (exact) mass is 299 g/mol. The summed E-state index contributed by atoms with van der Waals surface area (Å²) in [6.45, 7) is 2.02. The Kier molecular flexibility index (Phi) is 3.71. The van der Waals surface area contributed by atoms with Gasteiger partial charge in [-0.2, -0.15) is 0 Å². The number of carboxylic acids is 1. The summed E-state index contributed by atoms with van der Waals surface area (Å²) in [6.07, 6.45) is 2.16. The van der Waals surface area contributed by atoms with Crippen molar-refractivity contribution >= 4 is 11.9 Å². The third-order valence-corrected chi connectivity index (χ3v) is 3.86. The molecule has 114 valence electrons. The Labute approximate surface area is 127 Å². The van der Waals surface area contributed by atoms with Gasteiger partial charge in [0.2, 0.25) is 5.76 Å². The molecule has 5 nitrogen and oxygen atoms in total. The summed E-state index contributed by atoms with van der Waals surface area (Å²) in [7, 11) is 0. The van der Waals surface area contributed by atoms with Crippen LogP contribution in [0.4, 0.5) is 0 Å². The van der Waals surface area contributed by atoms with Gasteiger partial charge >= 0.3 is 5.97 Å². The van der Waals surface area contributed by atoms with Crippen molar-refractivity contribution < 1.29 is 19.1 Å². The first kappa shape index (κ1) is 14.4. The highest BCUT2D eigenvalue weighted by Gasteiger charge is 2.34. The normalized spacial score (nSPS) is 15.3. The van der Waals surface area contributed by atoms with Crippen molar-refractivity contribution in [1.29, 1.82) is 0 Å². The molecule has 1 aromatic heterocycles. The van der Waals surface area contributed by atoms with Gasteiger partial charge in [-0.3, -0.25) is 4.79 Å². The Hall–Kier alpha value is -2.56. The third-order valence-electron chi connectivity index (χ3n) is 3.86. The van der Waals surface area contributed by atoms with Crippen molar-refractivity contribution in [3.05, 3.63) is 59.0 Å². The van der Waals surface area contributed by atoms with Crippen molar-refractivity contribution in [3.63, 3.8) is 0 Å². The Morgan fingerprint density at radius 2 is 1.77 bits per heavy atom. The Morgan fingerprint density at radius 3 is 2.32 bits per heavy atom. The molecule has 1 aliphatic rings. The van der Waals surface area contributed by atoms with Gasteiger partial charge in [0.25, 0.3) is 5.91 Å². The molecule has 1 heterocycles. The zero-order valence-electron chi connectivity index (χ0n) is 12.2. The van der Waals surface area contributed by atoms with Crippen LogP contribution in [0.15, 0.2) is 40.8 Å². The summed E-state index contributed by atoms with van der Waals surface area (Å²) in [6, 6.07) is 10.7. The van der Waals surface area contributed by atoms with E-state index in [4.69, 9.17) is 9.52 Å². The van der Waals surface area contributed by atoms with Crippen LogP contribution < -0.4 is 5.32 Å². The van der Waals surface area contributed by atoms with Crippen molar-refractivity contribution in [2.75, 3.05) is 0 Å². The smallest absolute Gasteiger partial charge is 0.371 e. The van der Waals surface area contributed by atoms with Gasteiger partial charge < -0.3 is 14.8 Å². The minimum absolute atomic E-state index is 0.0233. The van der Waals surface area contributed by atoms with E-state index >= 15 is 0 Å². The molecule has 2 N–H and O–H groups in total. The molecule has 0 spiro atoms. The fraction of sp³-hybridized carbons (Fsp3) is 0.294. The predicted octanol–water partition coefficient (Wildman–Crippen LogP) is 3.17. The number of carbonyl (C=O) groups excluding carboxylic acids is 1. The van der Waals surface area contributed by atoms with Crippen LogP contribution in [-0.4, -0.2) is 17.0 Å². The third kappa shape index (κ3) is 3.03. The number of hydrogen-bond acceptors (Lipinski definition) is 3. The number of benzene rings is 1. The van der Waals surface area contributed by atoms with Gasteiger partial charge in [-0.05, 0) is 43.4 Å². The van der Waals surface area contributed by atoms with Crippen LogP contribution in [0.3, 0.4) is 0 Å². The van der Waals surface area contributed by atoms with Crippen molar-refractivity contribution in [1.82, 2.24) is 5.32 Å². The molecule has 1 aliphatic carbocycles. The van der Waals surface area contributed by atoms with Gasteiger partial charge in [0.1, 0.15) is 0 Å². The minimum atomic E-state index is -1.18. The summed E-state index contributed by atoms with van der Waals surface area (Å²) >= 11 is 0. The van der Waals surface area contributed by atoms with Crippen LogP contribution in [-0.2, 0) is 0 Å². The first-order valence-electron chi connectivity index (χ1n) is 7.25. The van der Waals surface area contributed by atoms with Crippen LogP contribution in [0.2, 0.25) is 0 Å². The van der Waals surface area contributed by atoms with Gasteiger partial charge in [-0.15, -0.1) is 0 Å². The molecule has 1 amide bonds.